The van der Waals surface area contributed by atoms with Gasteiger partial charge in [-0.15, -0.1) is 0 Å². The third-order valence-corrected chi connectivity index (χ3v) is 5.63. The first-order valence-corrected chi connectivity index (χ1v) is 9.40. The fourth-order valence-corrected chi connectivity index (χ4v) is 4.06. The Labute approximate surface area is 157 Å². The first-order valence-electron chi connectivity index (χ1n) is 9.40. The molecule has 0 unspecified atom stereocenters. The number of hydrogen-bond acceptors (Lipinski definition) is 1. The molecular weight excluding hydrogens is 314 g/mol. The highest BCUT2D eigenvalue weighted by Crippen LogP contribution is 2.51. The average molecular weight is 341 g/mol. The number of fused-ring (bicyclic) bond motifs is 2. The van der Waals surface area contributed by atoms with Crippen LogP contribution in [0.4, 0.5) is 17.1 Å². The molecule has 1 heterocycles. The maximum absolute atomic E-state index is 2.41. The van der Waals surface area contributed by atoms with Crippen molar-refractivity contribution >= 4 is 17.1 Å². The van der Waals surface area contributed by atoms with E-state index in [1.807, 2.05) is 0 Å². The minimum atomic E-state index is -0.00492. The van der Waals surface area contributed by atoms with Gasteiger partial charge in [0, 0.05) is 11.1 Å². The van der Waals surface area contributed by atoms with Crippen molar-refractivity contribution in [1.82, 2.24) is 0 Å². The van der Waals surface area contributed by atoms with Crippen molar-refractivity contribution in [1.29, 1.82) is 0 Å². The number of benzene rings is 3. The van der Waals surface area contributed by atoms with E-state index in [9.17, 15) is 0 Å². The second kappa shape index (κ2) is 5.74. The third kappa shape index (κ3) is 2.54. The molecule has 4 rings (SSSR count). The Morgan fingerprint density at radius 3 is 1.58 bits per heavy atom. The summed E-state index contributed by atoms with van der Waals surface area (Å²) < 4.78 is 0. The van der Waals surface area contributed by atoms with Gasteiger partial charge in [-0.1, -0.05) is 83.1 Å². The van der Waals surface area contributed by atoms with E-state index in [0.717, 1.165) is 0 Å². The van der Waals surface area contributed by atoms with Crippen LogP contribution >= 0.6 is 0 Å². The van der Waals surface area contributed by atoms with Crippen LogP contribution in [-0.4, -0.2) is 0 Å². The van der Waals surface area contributed by atoms with E-state index < -0.39 is 0 Å². The largest absolute Gasteiger partial charge is 0.310 e. The number of para-hydroxylation sites is 2. The maximum Gasteiger partial charge on any atom is 0.0502 e. The number of nitrogens with zero attached hydrogens (tertiary/aromatic N) is 1. The van der Waals surface area contributed by atoms with Crippen LogP contribution in [0.15, 0.2) is 72.8 Å². The molecule has 0 saturated carbocycles. The van der Waals surface area contributed by atoms with Crippen LogP contribution in [0.3, 0.4) is 0 Å². The van der Waals surface area contributed by atoms with E-state index in [1.165, 1.54) is 33.8 Å². The normalized spacial score (nSPS) is 15.3. The Morgan fingerprint density at radius 2 is 1.12 bits per heavy atom. The van der Waals surface area contributed by atoms with Gasteiger partial charge >= 0.3 is 0 Å². The molecule has 0 bridgehead atoms. The van der Waals surface area contributed by atoms with Crippen molar-refractivity contribution in [2.24, 2.45) is 0 Å². The zero-order chi connectivity index (χ0) is 18.5. The van der Waals surface area contributed by atoms with Crippen LogP contribution in [0.1, 0.15) is 51.3 Å². The molecule has 0 saturated heterocycles. The Kier molecular flexibility index (Phi) is 3.73. The summed E-state index contributed by atoms with van der Waals surface area (Å²) in [4.78, 5) is 2.41. The topological polar surface area (TPSA) is 3.24 Å². The Balaban J connectivity index is 1.93. The molecule has 3 aromatic carbocycles. The molecule has 0 radical (unpaired) electrons. The van der Waals surface area contributed by atoms with Crippen LogP contribution in [0.25, 0.3) is 0 Å². The van der Waals surface area contributed by atoms with Crippen molar-refractivity contribution in [3.05, 3.63) is 89.5 Å². The van der Waals surface area contributed by atoms with E-state index in [0.29, 0.717) is 0 Å². The minimum absolute atomic E-state index is 0.00492. The molecule has 132 valence electrons. The van der Waals surface area contributed by atoms with Crippen molar-refractivity contribution in [3.8, 4) is 0 Å². The molecule has 3 aromatic rings. The Morgan fingerprint density at radius 1 is 0.654 bits per heavy atom. The summed E-state index contributed by atoms with van der Waals surface area (Å²) in [7, 11) is 0. The third-order valence-electron chi connectivity index (χ3n) is 5.63. The van der Waals surface area contributed by atoms with Gasteiger partial charge in [0.1, 0.15) is 0 Å². The second-order valence-corrected chi connectivity index (χ2v) is 8.79. The molecule has 1 heteroatoms. The lowest BCUT2D eigenvalue weighted by molar-refractivity contribution is 0.590. The zero-order valence-electron chi connectivity index (χ0n) is 16.4. The van der Waals surface area contributed by atoms with Crippen LogP contribution < -0.4 is 4.90 Å². The first kappa shape index (κ1) is 16.9. The smallest absolute Gasteiger partial charge is 0.0502 e. The fourth-order valence-electron chi connectivity index (χ4n) is 4.06. The van der Waals surface area contributed by atoms with Gasteiger partial charge < -0.3 is 4.90 Å². The molecule has 0 N–H and O–H groups in total. The van der Waals surface area contributed by atoms with Crippen molar-refractivity contribution in [3.63, 3.8) is 0 Å². The Hall–Kier alpha value is -2.54. The van der Waals surface area contributed by atoms with Gasteiger partial charge in [-0.2, -0.15) is 0 Å². The van der Waals surface area contributed by atoms with Crippen LogP contribution in [0, 0.1) is 0 Å². The predicted octanol–water partition coefficient (Wildman–Crippen LogP) is 7.09. The summed E-state index contributed by atoms with van der Waals surface area (Å²) in [6.45, 7) is 11.4. The highest BCUT2D eigenvalue weighted by molar-refractivity contribution is 5.85. The summed E-state index contributed by atoms with van der Waals surface area (Å²) in [6, 6.07) is 26.6. The number of rotatable bonds is 1. The van der Waals surface area contributed by atoms with Crippen LogP contribution in [0.2, 0.25) is 0 Å². The average Bonchev–Trinajstić information content (AvgIpc) is 2.62. The van der Waals surface area contributed by atoms with E-state index in [4.69, 9.17) is 0 Å². The fraction of sp³-hybridized carbons (Fsp3) is 0.280. The molecule has 0 aliphatic carbocycles. The second-order valence-electron chi connectivity index (χ2n) is 8.79. The lowest BCUT2D eigenvalue weighted by Gasteiger charge is -2.42. The van der Waals surface area contributed by atoms with Gasteiger partial charge in [-0.05, 0) is 46.4 Å². The van der Waals surface area contributed by atoms with Crippen molar-refractivity contribution in [2.45, 2.75) is 45.4 Å². The lowest BCUT2D eigenvalue weighted by atomic mass is 9.73. The van der Waals surface area contributed by atoms with Gasteiger partial charge in [0.25, 0.3) is 0 Å². The molecule has 1 aliphatic rings. The Bertz CT molecular complexity index is 893. The van der Waals surface area contributed by atoms with E-state index in [2.05, 4.69) is 112 Å². The van der Waals surface area contributed by atoms with Crippen molar-refractivity contribution in [2.75, 3.05) is 4.90 Å². The lowest BCUT2D eigenvalue weighted by Crippen LogP contribution is -2.30. The highest BCUT2D eigenvalue weighted by atomic mass is 15.2. The van der Waals surface area contributed by atoms with Gasteiger partial charge in [0.2, 0.25) is 0 Å². The summed E-state index contributed by atoms with van der Waals surface area (Å²) in [5, 5.41) is 0. The standard InChI is InChI=1S/C25H27N/c1-24(2,3)18-14-16-19(17-15-18)26-22-12-8-6-10-20(22)25(4,5)21-11-7-9-13-23(21)26/h6-17H,1-5H3. The molecule has 0 fully saturated rings. The van der Waals surface area contributed by atoms with Crippen molar-refractivity contribution < 1.29 is 0 Å². The molecule has 0 atom stereocenters. The van der Waals surface area contributed by atoms with E-state index in [1.54, 1.807) is 0 Å². The molecule has 0 amide bonds. The van der Waals surface area contributed by atoms with Gasteiger partial charge in [-0.3, -0.25) is 0 Å². The van der Waals surface area contributed by atoms with E-state index in [-0.39, 0.29) is 10.8 Å². The monoisotopic (exact) mass is 341 g/mol. The molecule has 26 heavy (non-hydrogen) atoms. The summed E-state index contributed by atoms with van der Waals surface area (Å²) in [5.74, 6) is 0. The number of anilines is 3. The van der Waals surface area contributed by atoms with Gasteiger partial charge in [0.05, 0.1) is 11.4 Å². The van der Waals surface area contributed by atoms with Crippen LogP contribution in [0.5, 0.6) is 0 Å². The SMILES string of the molecule is CC(C)(C)c1ccc(N2c3ccccc3C(C)(C)c3ccccc32)cc1. The number of hydrogen-bond donors (Lipinski definition) is 0. The van der Waals surface area contributed by atoms with Gasteiger partial charge in [0.15, 0.2) is 0 Å². The van der Waals surface area contributed by atoms with E-state index >= 15 is 0 Å². The molecule has 1 aliphatic heterocycles. The zero-order valence-corrected chi connectivity index (χ0v) is 16.4. The summed E-state index contributed by atoms with van der Waals surface area (Å²) in [6.07, 6.45) is 0. The molecule has 1 nitrogen and oxygen atoms in total. The summed E-state index contributed by atoms with van der Waals surface area (Å²) in [5.41, 5.74) is 8.04. The molecule has 0 aromatic heterocycles. The maximum atomic E-state index is 2.41. The molecular formula is C25H27N. The first-order chi connectivity index (χ1) is 12.3. The van der Waals surface area contributed by atoms with Crippen LogP contribution in [-0.2, 0) is 10.8 Å². The van der Waals surface area contributed by atoms with Gasteiger partial charge in [-0.25, -0.2) is 0 Å². The molecule has 0 spiro atoms. The predicted molar refractivity (Wildman–Crippen MR) is 112 cm³/mol. The minimum Gasteiger partial charge on any atom is -0.310 e. The highest BCUT2D eigenvalue weighted by Gasteiger charge is 2.36. The summed E-state index contributed by atoms with van der Waals surface area (Å²) >= 11 is 0. The quantitative estimate of drug-likeness (QED) is 0.456.